The first-order chi connectivity index (χ1) is 26.5. The molecule has 0 aromatic rings. The van der Waals surface area contributed by atoms with E-state index < -0.39 is 18.2 Å². The van der Waals surface area contributed by atoms with Gasteiger partial charge in [0.15, 0.2) is 0 Å². The van der Waals surface area contributed by atoms with E-state index in [2.05, 4.69) is 62.5 Å². The third-order valence-electron chi connectivity index (χ3n) is 10.5. The highest BCUT2D eigenvalue weighted by Crippen LogP contribution is 2.17. The Morgan fingerprint density at radius 2 is 1.00 bits per heavy atom. The standard InChI is InChI=1S/C48H89NO5/c1-4-7-10-13-16-19-21-23-24-26-29-32-35-38-41-48(53)54-44(39-36-33-30-28-25-22-20-17-14-11-8-5-2)42-47(52)49-45(43-50)46(51)40-37-34-31-27-18-15-12-9-6-3/h8,11,17,20,24,26,44-46,50-51H,4-7,9-10,12-16,18-19,21-23,25,27-43H2,1-3H3,(H,49,52)/b11-8+,20-17+,26-24-. The van der Waals surface area contributed by atoms with Crippen molar-refractivity contribution < 1.29 is 24.5 Å². The molecule has 0 fully saturated rings. The fourth-order valence-electron chi connectivity index (χ4n) is 6.93. The fourth-order valence-corrected chi connectivity index (χ4v) is 6.93. The number of ether oxygens (including phenoxy) is 1. The summed E-state index contributed by atoms with van der Waals surface area (Å²) in [5, 5.41) is 23.6. The van der Waals surface area contributed by atoms with E-state index in [4.69, 9.17) is 4.74 Å². The van der Waals surface area contributed by atoms with Crippen LogP contribution in [0.4, 0.5) is 0 Å². The van der Waals surface area contributed by atoms with Gasteiger partial charge in [-0.3, -0.25) is 9.59 Å². The molecular weight excluding hydrogens is 671 g/mol. The van der Waals surface area contributed by atoms with Gasteiger partial charge in [0.25, 0.3) is 0 Å². The van der Waals surface area contributed by atoms with E-state index in [0.29, 0.717) is 19.3 Å². The summed E-state index contributed by atoms with van der Waals surface area (Å²) in [7, 11) is 0. The Kier molecular flexibility index (Phi) is 40.7. The zero-order valence-corrected chi connectivity index (χ0v) is 35.9. The fraction of sp³-hybridized carbons (Fsp3) is 0.833. The molecule has 3 unspecified atom stereocenters. The lowest BCUT2D eigenvalue weighted by Gasteiger charge is -2.24. The predicted molar refractivity (Wildman–Crippen MR) is 232 cm³/mol. The molecule has 1 amide bonds. The number of unbranched alkanes of at least 4 members (excludes halogenated alkanes) is 23. The Hall–Kier alpha value is -1.92. The second-order valence-electron chi connectivity index (χ2n) is 15.8. The molecule has 0 rings (SSSR count). The van der Waals surface area contributed by atoms with Gasteiger partial charge < -0.3 is 20.3 Å². The van der Waals surface area contributed by atoms with Crippen LogP contribution in [0.1, 0.15) is 233 Å². The van der Waals surface area contributed by atoms with E-state index in [0.717, 1.165) is 83.5 Å². The molecule has 3 atom stereocenters. The normalized spacial score (nSPS) is 13.6. The number of esters is 1. The van der Waals surface area contributed by atoms with Crippen LogP contribution in [0, 0.1) is 0 Å². The van der Waals surface area contributed by atoms with Gasteiger partial charge in [0.1, 0.15) is 6.10 Å². The summed E-state index contributed by atoms with van der Waals surface area (Å²) in [5.74, 6) is -0.506. The van der Waals surface area contributed by atoms with Gasteiger partial charge in [0.05, 0.1) is 25.2 Å². The highest BCUT2D eigenvalue weighted by molar-refractivity contribution is 5.77. The molecule has 0 bridgehead atoms. The molecule has 316 valence electrons. The van der Waals surface area contributed by atoms with E-state index in [9.17, 15) is 19.8 Å². The molecule has 0 aliphatic rings. The van der Waals surface area contributed by atoms with Crippen molar-refractivity contribution in [1.82, 2.24) is 5.32 Å². The number of hydrogen-bond acceptors (Lipinski definition) is 5. The zero-order valence-electron chi connectivity index (χ0n) is 35.9. The van der Waals surface area contributed by atoms with Crippen molar-refractivity contribution >= 4 is 11.9 Å². The van der Waals surface area contributed by atoms with Crippen molar-refractivity contribution in [3.8, 4) is 0 Å². The van der Waals surface area contributed by atoms with Crippen LogP contribution in [0.15, 0.2) is 36.5 Å². The molecule has 0 aliphatic heterocycles. The van der Waals surface area contributed by atoms with E-state index in [-0.39, 0.29) is 24.9 Å². The Labute approximate surface area is 334 Å². The number of aliphatic hydroxyl groups is 2. The molecule has 54 heavy (non-hydrogen) atoms. The Bertz CT molecular complexity index is 900. The minimum atomic E-state index is -0.790. The summed E-state index contributed by atoms with van der Waals surface area (Å²) in [6, 6.07) is -0.704. The van der Waals surface area contributed by atoms with E-state index in [1.807, 2.05) is 0 Å². The third-order valence-corrected chi connectivity index (χ3v) is 10.5. The minimum Gasteiger partial charge on any atom is -0.462 e. The van der Waals surface area contributed by atoms with Crippen LogP contribution in [0.3, 0.4) is 0 Å². The van der Waals surface area contributed by atoms with Crippen molar-refractivity contribution in [2.45, 2.75) is 251 Å². The van der Waals surface area contributed by atoms with Crippen LogP contribution in [0.2, 0.25) is 0 Å². The van der Waals surface area contributed by atoms with Gasteiger partial charge in [0, 0.05) is 6.42 Å². The summed E-state index contributed by atoms with van der Waals surface area (Å²) in [6.45, 7) is 6.34. The minimum absolute atomic E-state index is 0.0633. The van der Waals surface area contributed by atoms with E-state index >= 15 is 0 Å². The highest BCUT2D eigenvalue weighted by Gasteiger charge is 2.24. The quantitative estimate of drug-likeness (QED) is 0.0328. The zero-order chi connectivity index (χ0) is 39.6. The van der Waals surface area contributed by atoms with E-state index in [1.54, 1.807) is 0 Å². The van der Waals surface area contributed by atoms with Crippen molar-refractivity contribution in [3.05, 3.63) is 36.5 Å². The van der Waals surface area contributed by atoms with E-state index in [1.165, 1.54) is 103 Å². The number of carbonyl (C=O) groups is 2. The summed E-state index contributed by atoms with van der Waals surface area (Å²) < 4.78 is 5.89. The van der Waals surface area contributed by atoms with Crippen LogP contribution < -0.4 is 5.32 Å². The third kappa shape index (κ3) is 37.0. The van der Waals surface area contributed by atoms with Crippen LogP contribution in [-0.4, -0.2) is 46.9 Å². The lowest BCUT2D eigenvalue weighted by molar-refractivity contribution is -0.151. The molecule has 0 aromatic heterocycles. The van der Waals surface area contributed by atoms with Crippen LogP contribution in [-0.2, 0) is 14.3 Å². The first-order valence-corrected chi connectivity index (χ1v) is 23.2. The second kappa shape index (κ2) is 42.2. The predicted octanol–water partition coefficient (Wildman–Crippen LogP) is 13.3. The number of allylic oxidation sites excluding steroid dienone is 6. The van der Waals surface area contributed by atoms with Gasteiger partial charge in [-0.2, -0.15) is 0 Å². The van der Waals surface area contributed by atoms with Crippen LogP contribution in [0.5, 0.6) is 0 Å². The molecule has 0 saturated heterocycles. The summed E-state index contributed by atoms with van der Waals surface area (Å²) in [4.78, 5) is 26.0. The molecule has 6 nitrogen and oxygen atoms in total. The van der Waals surface area contributed by atoms with Crippen molar-refractivity contribution in [2.24, 2.45) is 0 Å². The Morgan fingerprint density at radius 1 is 0.556 bits per heavy atom. The topological polar surface area (TPSA) is 95.9 Å². The van der Waals surface area contributed by atoms with Crippen molar-refractivity contribution in [1.29, 1.82) is 0 Å². The van der Waals surface area contributed by atoms with Crippen molar-refractivity contribution in [3.63, 3.8) is 0 Å². The maximum Gasteiger partial charge on any atom is 0.306 e. The largest absolute Gasteiger partial charge is 0.462 e. The molecular formula is C48H89NO5. The summed E-state index contributed by atoms with van der Waals surface area (Å²) in [6.07, 6.45) is 47.8. The number of rotatable bonds is 41. The van der Waals surface area contributed by atoms with Crippen molar-refractivity contribution in [2.75, 3.05) is 6.61 Å². The smallest absolute Gasteiger partial charge is 0.306 e. The highest BCUT2D eigenvalue weighted by atomic mass is 16.5. The Morgan fingerprint density at radius 3 is 1.52 bits per heavy atom. The lowest BCUT2D eigenvalue weighted by Crippen LogP contribution is -2.46. The van der Waals surface area contributed by atoms with Crippen LogP contribution in [0.25, 0.3) is 0 Å². The maximum absolute atomic E-state index is 13.1. The molecule has 0 heterocycles. The number of amides is 1. The number of aliphatic hydroxyl groups excluding tert-OH is 2. The van der Waals surface area contributed by atoms with Crippen LogP contribution >= 0.6 is 0 Å². The average molecular weight is 760 g/mol. The summed E-state index contributed by atoms with van der Waals surface area (Å²) in [5.41, 5.74) is 0. The molecule has 3 N–H and O–H groups in total. The molecule has 0 aromatic carbocycles. The van der Waals surface area contributed by atoms with Gasteiger partial charge in [0.2, 0.25) is 5.91 Å². The van der Waals surface area contributed by atoms with Gasteiger partial charge in [-0.1, -0.05) is 179 Å². The number of hydrogen-bond donors (Lipinski definition) is 3. The molecule has 0 radical (unpaired) electrons. The monoisotopic (exact) mass is 760 g/mol. The number of carbonyl (C=O) groups excluding carboxylic acids is 2. The molecule has 0 saturated carbocycles. The first-order valence-electron chi connectivity index (χ1n) is 23.2. The molecule has 6 heteroatoms. The average Bonchev–Trinajstić information content (AvgIpc) is 3.16. The summed E-state index contributed by atoms with van der Waals surface area (Å²) >= 11 is 0. The molecule has 0 spiro atoms. The van der Waals surface area contributed by atoms with Gasteiger partial charge in [-0.15, -0.1) is 0 Å². The van der Waals surface area contributed by atoms with Gasteiger partial charge in [-0.05, 0) is 77.0 Å². The van der Waals surface area contributed by atoms with Gasteiger partial charge >= 0.3 is 5.97 Å². The van der Waals surface area contributed by atoms with Gasteiger partial charge in [-0.25, -0.2) is 0 Å². The second-order valence-corrected chi connectivity index (χ2v) is 15.8. The lowest BCUT2D eigenvalue weighted by atomic mass is 10.0. The SMILES string of the molecule is CC/C=C/C/C=C/CCCCCCCC(CC(=O)NC(CO)C(O)CCCCCCCCCCC)OC(=O)CCCCC/C=C\CCCCCCCCC. The molecule has 0 aliphatic carbocycles. The first kappa shape index (κ1) is 52.1. The maximum atomic E-state index is 13.1. The number of nitrogens with one attached hydrogen (secondary N) is 1. The Balaban J connectivity index is 4.62.